The largest absolute Gasteiger partial charge is 0.493 e. The summed E-state index contributed by atoms with van der Waals surface area (Å²) in [5.74, 6) is 2.55. The topological polar surface area (TPSA) is 49.3 Å². The first kappa shape index (κ1) is 18.8. The molecule has 1 aromatic rings. The van der Waals surface area contributed by atoms with Crippen LogP contribution in [0.15, 0.2) is 23.2 Å². The van der Waals surface area contributed by atoms with Crippen LogP contribution in [-0.4, -0.2) is 68.7 Å². The van der Waals surface area contributed by atoms with Gasteiger partial charge < -0.3 is 19.7 Å². The summed E-state index contributed by atoms with van der Waals surface area (Å²) in [6.07, 6.45) is 3.93. The van der Waals surface area contributed by atoms with Crippen LogP contribution < -0.4 is 14.8 Å². The number of hydrogen-bond acceptors (Lipinski definition) is 4. The summed E-state index contributed by atoms with van der Waals surface area (Å²) >= 11 is 0. The highest BCUT2D eigenvalue weighted by Crippen LogP contribution is 2.28. The van der Waals surface area contributed by atoms with Gasteiger partial charge in [-0.15, -0.1) is 0 Å². The smallest absolute Gasteiger partial charge is 0.193 e. The van der Waals surface area contributed by atoms with Gasteiger partial charge in [0.05, 0.1) is 13.7 Å². The van der Waals surface area contributed by atoms with E-state index in [0.29, 0.717) is 12.6 Å². The van der Waals surface area contributed by atoms with E-state index in [1.54, 1.807) is 7.11 Å². The lowest BCUT2D eigenvalue weighted by molar-refractivity contribution is 0.249. The second kappa shape index (κ2) is 9.12. The Morgan fingerprint density at radius 2 is 2.04 bits per heavy atom. The number of nitrogens with one attached hydrogen (secondary N) is 1. The lowest BCUT2D eigenvalue weighted by Gasteiger charge is -2.25. The maximum atomic E-state index is 5.67. The average Bonchev–Trinajstić information content (AvgIpc) is 3.34. The lowest BCUT2D eigenvalue weighted by Crippen LogP contribution is -2.42. The second-order valence-electron chi connectivity index (χ2n) is 6.95. The lowest BCUT2D eigenvalue weighted by atomic mass is 10.2. The highest BCUT2D eigenvalue weighted by Gasteiger charge is 2.30. The zero-order valence-corrected chi connectivity index (χ0v) is 16.3. The molecule has 26 heavy (non-hydrogen) atoms. The molecule has 1 N–H and O–H groups in total. The summed E-state index contributed by atoms with van der Waals surface area (Å²) in [5.41, 5.74) is 1.16. The third-order valence-corrected chi connectivity index (χ3v) is 5.31. The second-order valence-corrected chi connectivity index (χ2v) is 6.95. The molecule has 0 radical (unpaired) electrons. The van der Waals surface area contributed by atoms with Gasteiger partial charge >= 0.3 is 0 Å². The minimum Gasteiger partial charge on any atom is -0.493 e. The van der Waals surface area contributed by atoms with Crippen LogP contribution in [0.1, 0.15) is 31.7 Å². The fourth-order valence-corrected chi connectivity index (χ4v) is 3.95. The van der Waals surface area contributed by atoms with Crippen LogP contribution in [0, 0.1) is 0 Å². The van der Waals surface area contributed by atoms with Crippen molar-refractivity contribution in [3.05, 3.63) is 23.8 Å². The molecular formula is C20H32N4O2. The van der Waals surface area contributed by atoms with E-state index in [2.05, 4.69) is 26.2 Å². The molecular weight excluding hydrogens is 328 g/mol. The molecule has 0 amide bonds. The van der Waals surface area contributed by atoms with Gasteiger partial charge in [-0.25, -0.2) is 0 Å². The van der Waals surface area contributed by atoms with Crippen molar-refractivity contribution in [3.8, 4) is 11.5 Å². The monoisotopic (exact) mass is 360 g/mol. The zero-order chi connectivity index (χ0) is 18.4. The van der Waals surface area contributed by atoms with E-state index in [0.717, 1.165) is 42.7 Å². The summed E-state index contributed by atoms with van der Waals surface area (Å²) in [7, 11) is 3.53. The van der Waals surface area contributed by atoms with Crippen LogP contribution in [0.25, 0.3) is 0 Å². The van der Waals surface area contributed by atoms with Gasteiger partial charge in [0.1, 0.15) is 0 Å². The van der Waals surface area contributed by atoms with Crippen LogP contribution in [-0.2, 0) is 6.54 Å². The molecule has 2 fully saturated rings. The molecule has 6 nitrogen and oxygen atoms in total. The fourth-order valence-electron chi connectivity index (χ4n) is 3.95. The van der Waals surface area contributed by atoms with E-state index in [1.807, 2.05) is 26.1 Å². The first-order chi connectivity index (χ1) is 12.7. The summed E-state index contributed by atoms with van der Waals surface area (Å²) in [4.78, 5) is 9.52. The number of likely N-dealkylation sites (tertiary alicyclic amines) is 2. The molecule has 0 aliphatic carbocycles. The SMILES string of the molecule is CCOc1cc(CNC(=NC)N2CCC(N3CCCC3)C2)ccc1OC. The van der Waals surface area contributed by atoms with E-state index in [-0.39, 0.29) is 0 Å². The van der Waals surface area contributed by atoms with E-state index in [4.69, 9.17) is 9.47 Å². The Bertz CT molecular complexity index is 614. The Morgan fingerprint density at radius 1 is 1.23 bits per heavy atom. The first-order valence-corrected chi connectivity index (χ1v) is 9.74. The first-order valence-electron chi connectivity index (χ1n) is 9.74. The molecule has 2 saturated heterocycles. The third kappa shape index (κ3) is 4.41. The quantitative estimate of drug-likeness (QED) is 0.623. The van der Waals surface area contributed by atoms with Crippen molar-refractivity contribution in [1.82, 2.24) is 15.1 Å². The summed E-state index contributed by atoms with van der Waals surface area (Å²) in [6.45, 7) is 8.01. The zero-order valence-electron chi connectivity index (χ0n) is 16.3. The normalized spacial score (nSPS) is 21.3. The number of hydrogen-bond donors (Lipinski definition) is 1. The minimum absolute atomic E-state index is 0.626. The van der Waals surface area contributed by atoms with Gasteiger partial charge in [-0.05, 0) is 57.0 Å². The predicted molar refractivity (Wildman–Crippen MR) is 105 cm³/mol. The number of aliphatic imine (C=N–C) groups is 1. The van der Waals surface area contributed by atoms with Gasteiger partial charge in [0, 0.05) is 32.7 Å². The van der Waals surface area contributed by atoms with Crippen molar-refractivity contribution < 1.29 is 9.47 Å². The Hall–Kier alpha value is -1.95. The Balaban J connectivity index is 1.57. The maximum absolute atomic E-state index is 5.67. The standard InChI is InChI=1S/C20H32N4O2/c1-4-26-19-13-16(7-8-18(19)25-3)14-22-20(21-2)24-12-9-17(15-24)23-10-5-6-11-23/h7-8,13,17H,4-6,9-12,14-15H2,1-3H3,(H,21,22). The van der Waals surface area contributed by atoms with Gasteiger partial charge in [-0.1, -0.05) is 6.07 Å². The number of ether oxygens (including phenoxy) is 2. The van der Waals surface area contributed by atoms with Crippen molar-refractivity contribution >= 4 is 5.96 Å². The minimum atomic E-state index is 0.626. The number of nitrogens with zero attached hydrogens (tertiary/aromatic N) is 3. The van der Waals surface area contributed by atoms with Crippen LogP contribution in [0.3, 0.4) is 0 Å². The highest BCUT2D eigenvalue weighted by atomic mass is 16.5. The molecule has 0 aromatic heterocycles. The van der Waals surface area contributed by atoms with Gasteiger partial charge in [0.15, 0.2) is 17.5 Å². The number of rotatable bonds is 6. The number of methoxy groups -OCH3 is 1. The molecule has 2 aliphatic rings. The fraction of sp³-hybridized carbons (Fsp3) is 0.650. The van der Waals surface area contributed by atoms with Crippen LogP contribution in [0.2, 0.25) is 0 Å². The van der Waals surface area contributed by atoms with Gasteiger partial charge in [-0.2, -0.15) is 0 Å². The molecule has 2 heterocycles. The van der Waals surface area contributed by atoms with E-state index in [1.165, 1.54) is 32.4 Å². The number of benzene rings is 1. The Morgan fingerprint density at radius 3 is 2.73 bits per heavy atom. The maximum Gasteiger partial charge on any atom is 0.193 e. The molecule has 0 spiro atoms. The molecule has 1 unspecified atom stereocenters. The molecule has 2 aliphatic heterocycles. The molecule has 3 rings (SSSR count). The average molecular weight is 361 g/mol. The third-order valence-electron chi connectivity index (χ3n) is 5.31. The molecule has 1 atom stereocenters. The van der Waals surface area contributed by atoms with Crippen LogP contribution in [0.4, 0.5) is 0 Å². The Kier molecular flexibility index (Phi) is 6.61. The summed E-state index contributed by atoms with van der Waals surface area (Å²) in [6, 6.07) is 6.75. The highest BCUT2D eigenvalue weighted by molar-refractivity contribution is 5.80. The Labute approximate surface area is 157 Å². The van der Waals surface area contributed by atoms with Crippen LogP contribution >= 0.6 is 0 Å². The van der Waals surface area contributed by atoms with E-state index in [9.17, 15) is 0 Å². The number of guanidine groups is 1. The molecule has 144 valence electrons. The van der Waals surface area contributed by atoms with Gasteiger partial charge in [0.2, 0.25) is 0 Å². The predicted octanol–water partition coefficient (Wildman–Crippen LogP) is 2.34. The van der Waals surface area contributed by atoms with Crippen molar-refractivity contribution in [2.24, 2.45) is 4.99 Å². The van der Waals surface area contributed by atoms with Crippen molar-refractivity contribution in [3.63, 3.8) is 0 Å². The van der Waals surface area contributed by atoms with Gasteiger partial charge in [-0.3, -0.25) is 9.89 Å². The van der Waals surface area contributed by atoms with Crippen molar-refractivity contribution in [2.75, 3.05) is 46.9 Å². The van der Waals surface area contributed by atoms with E-state index < -0.39 is 0 Å². The molecule has 1 aromatic carbocycles. The van der Waals surface area contributed by atoms with E-state index >= 15 is 0 Å². The molecule has 0 bridgehead atoms. The molecule has 0 saturated carbocycles. The van der Waals surface area contributed by atoms with Gasteiger partial charge in [0.25, 0.3) is 0 Å². The van der Waals surface area contributed by atoms with Crippen molar-refractivity contribution in [2.45, 2.75) is 38.8 Å². The summed E-state index contributed by atoms with van der Waals surface area (Å²) < 4.78 is 11.0. The van der Waals surface area contributed by atoms with Crippen LogP contribution in [0.5, 0.6) is 11.5 Å². The molecule has 6 heteroatoms. The van der Waals surface area contributed by atoms with Crippen molar-refractivity contribution in [1.29, 1.82) is 0 Å². The summed E-state index contributed by atoms with van der Waals surface area (Å²) in [5, 5.41) is 3.51.